The van der Waals surface area contributed by atoms with Gasteiger partial charge in [0.25, 0.3) is 5.91 Å². The number of pyridine rings is 1. The first-order valence-electron chi connectivity index (χ1n) is 8.73. The van der Waals surface area contributed by atoms with Crippen LogP contribution in [-0.4, -0.2) is 51.5 Å². The summed E-state index contributed by atoms with van der Waals surface area (Å²) in [5.74, 6) is -0.219. The number of piperidine rings is 1. The van der Waals surface area contributed by atoms with Crippen LogP contribution in [0.2, 0.25) is 0 Å². The lowest BCUT2D eigenvalue weighted by atomic mass is 9.97. The van der Waals surface area contributed by atoms with Crippen LogP contribution < -0.4 is 5.32 Å². The molecule has 0 saturated carbocycles. The fraction of sp³-hybridized carbons (Fsp3) is 0.444. The second kappa shape index (κ2) is 7.92. The molecule has 2 amide bonds. The smallest absolute Gasteiger partial charge is 0.271 e. The molecule has 25 heavy (non-hydrogen) atoms. The average molecular weight is 341 g/mol. The largest absolute Gasteiger partial charge is 0.356 e. The Bertz CT molecular complexity index is 728. The fourth-order valence-corrected chi connectivity index (χ4v) is 3.02. The summed E-state index contributed by atoms with van der Waals surface area (Å²) in [6.07, 6.45) is 4.25. The van der Waals surface area contributed by atoms with Crippen molar-refractivity contribution in [1.29, 1.82) is 0 Å². The van der Waals surface area contributed by atoms with E-state index in [4.69, 9.17) is 0 Å². The molecule has 0 spiro atoms. The maximum absolute atomic E-state index is 12.7. The number of amides is 2. The molecule has 2 N–H and O–H groups in total. The van der Waals surface area contributed by atoms with Crippen molar-refractivity contribution in [2.24, 2.45) is 5.92 Å². The highest BCUT2D eigenvalue weighted by Gasteiger charge is 2.29. The van der Waals surface area contributed by atoms with Gasteiger partial charge in [-0.3, -0.25) is 19.7 Å². The van der Waals surface area contributed by atoms with Gasteiger partial charge >= 0.3 is 0 Å². The summed E-state index contributed by atoms with van der Waals surface area (Å²) in [6.45, 7) is 3.81. The molecule has 1 aliphatic heterocycles. The summed E-state index contributed by atoms with van der Waals surface area (Å²) < 4.78 is 0. The van der Waals surface area contributed by atoms with Crippen LogP contribution in [0.25, 0.3) is 11.4 Å². The van der Waals surface area contributed by atoms with Crippen LogP contribution in [0.5, 0.6) is 0 Å². The van der Waals surface area contributed by atoms with E-state index in [-0.39, 0.29) is 17.7 Å². The third-order valence-corrected chi connectivity index (χ3v) is 4.36. The monoisotopic (exact) mass is 341 g/mol. The van der Waals surface area contributed by atoms with Gasteiger partial charge in [0.15, 0.2) is 0 Å². The van der Waals surface area contributed by atoms with Crippen molar-refractivity contribution in [3.63, 3.8) is 0 Å². The number of nitrogens with zero attached hydrogens (tertiary/aromatic N) is 3. The maximum Gasteiger partial charge on any atom is 0.271 e. The first-order chi connectivity index (χ1) is 12.2. The van der Waals surface area contributed by atoms with E-state index in [9.17, 15) is 9.59 Å². The minimum absolute atomic E-state index is 0.0399. The number of likely N-dealkylation sites (tertiary alicyclic amines) is 1. The molecule has 0 radical (unpaired) electrons. The first kappa shape index (κ1) is 17.1. The Hall–Kier alpha value is -2.70. The minimum atomic E-state index is -0.137. The number of hydrogen-bond acceptors (Lipinski definition) is 4. The van der Waals surface area contributed by atoms with Crippen LogP contribution in [-0.2, 0) is 4.79 Å². The lowest BCUT2D eigenvalue weighted by Gasteiger charge is -2.31. The van der Waals surface area contributed by atoms with Gasteiger partial charge in [-0.25, -0.2) is 0 Å². The molecule has 0 unspecified atom stereocenters. The van der Waals surface area contributed by atoms with Crippen molar-refractivity contribution < 1.29 is 9.59 Å². The van der Waals surface area contributed by atoms with Gasteiger partial charge in [-0.1, -0.05) is 13.0 Å². The molecule has 7 heteroatoms. The number of hydrogen-bond donors (Lipinski definition) is 2. The Kier molecular flexibility index (Phi) is 5.42. The zero-order valence-electron chi connectivity index (χ0n) is 14.4. The standard InChI is InChI=1S/C18H23N5O2/c1-2-8-20-17(24)13-6-5-10-23(12-13)18(25)16-11-15(21-22-16)14-7-3-4-9-19-14/h3-4,7,9,11,13H,2,5-6,8,10,12H2,1H3,(H,20,24)(H,21,22)/t13-/m1/s1. The summed E-state index contributed by atoms with van der Waals surface area (Å²) >= 11 is 0. The predicted octanol–water partition coefficient (Wildman–Crippen LogP) is 1.85. The SMILES string of the molecule is CCCNC(=O)[C@@H]1CCCN(C(=O)c2cc(-c3ccccn3)n[nH]2)C1. The van der Waals surface area contributed by atoms with Gasteiger partial charge < -0.3 is 10.2 Å². The number of rotatable bonds is 5. The lowest BCUT2D eigenvalue weighted by Crippen LogP contribution is -2.45. The molecule has 0 bridgehead atoms. The summed E-state index contributed by atoms with van der Waals surface area (Å²) in [4.78, 5) is 30.9. The molecule has 1 atom stereocenters. The molecular formula is C18H23N5O2. The molecule has 3 rings (SSSR count). The van der Waals surface area contributed by atoms with Gasteiger partial charge in [-0.2, -0.15) is 5.10 Å². The topological polar surface area (TPSA) is 91.0 Å². The molecule has 132 valence electrons. The zero-order valence-corrected chi connectivity index (χ0v) is 14.4. The number of aromatic nitrogens is 3. The number of nitrogens with one attached hydrogen (secondary N) is 2. The van der Waals surface area contributed by atoms with E-state index < -0.39 is 0 Å². The number of carbonyl (C=O) groups is 2. The van der Waals surface area contributed by atoms with E-state index >= 15 is 0 Å². The highest BCUT2D eigenvalue weighted by atomic mass is 16.2. The number of carbonyl (C=O) groups excluding carboxylic acids is 2. The Morgan fingerprint density at radius 2 is 2.24 bits per heavy atom. The van der Waals surface area contributed by atoms with Crippen LogP contribution in [0.4, 0.5) is 0 Å². The molecule has 1 saturated heterocycles. The number of aromatic amines is 1. The van der Waals surface area contributed by atoms with Crippen molar-refractivity contribution in [1.82, 2.24) is 25.4 Å². The molecule has 2 aromatic heterocycles. The van der Waals surface area contributed by atoms with E-state index in [1.807, 2.05) is 25.1 Å². The molecule has 1 fully saturated rings. The van der Waals surface area contributed by atoms with Gasteiger partial charge in [-0.05, 0) is 37.5 Å². The van der Waals surface area contributed by atoms with E-state index in [0.29, 0.717) is 36.7 Å². The summed E-state index contributed by atoms with van der Waals surface area (Å²) in [7, 11) is 0. The van der Waals surface area contributed by atoms with Crippen molar-refractivity contribution in [3.8, 4) is 11.4 Å². The summed E-state index contributed by atoms with van der Waals surface area (Å²) in [6, 6.07) is 7.27. The Balaban J connectivity index is 1.66. The minimum Gasteiger partial charge on any atom is -0.356 e. The molecule has 1 aliphatic rings. The normalized spacial score (nSPS) is 17.3. The lowest BCUT2D eigenvalue weighted by molar-refractivity contribution is -0.126. The molecule has 2 aromatic rings. The summed E-state index contributed by atoms with van der Waals surface area (Å²) in [5, 5.41) is 9.90. The summed E-state index contributed by atoms with van der Waals surface area (Å²) in [5.41, 5.74) is 1.78. The van der Waals surface area contributed by atoms with Crippen molar-refractivity contribution in [3.05, 3.63) is 36.2 Å². The second-order valence-corrected chi connectivity index (χ2v) is 6.26. The van der Waals surface area contributed by atoms with Crippen molar-refractivity contribution >= 4 is 11.8 Å². The van der Waals surface area contributed by atoms with E-state index in [0.717, 1.165) is 19.3 Å². The Labute approximate surface area is 146 Å². The van der Waals surface area contributed by atoms with E-state index in [1.54, 1.807) is 17.2 Å². The van der Waals surface area contributed by atoms with Gasteiger partial charge in [-0.15, -0.1) is 0 Å². The average Bonchev–Trinajstić information content (AvgIpc) is 3.16. The van der Waals surface area contributed by atoms with Gasteiger partial charge in [0, 0.05) is 25.8 Å². The first-order valence-corrected chi connectivity index (χ1v) is 8.73. The zero-order chi connectivity index (χ0) is 17.6. The third-order valence-electron chi connectivity index (χ3n) is 4.36. The van der Waals surface area contributed by atoms with Crippen LogP contribution in [0, 0.1) is 5.92 Å². The van der Waals surface area contributed by atoms with Crippen LogP contribution in [0.3, 0.4) is 0 Å². The van der Waals surface area contributed by atoms with E-state index in [2.05, 4.69) is 20.5 Å². The van der Waals surface area contributed by atoms with E-state index in [1.165, 1.54) is 0 Å². The number of H-pyrrole nitrogens is 1. The molecule has 3 heterocycles. The van der Waals surface area contributed by atoms with Gasteiger partial charge in [0.05, 0.1) is 11.6 Å². The molecule has 7 nitrogen and oxygen atoms in total. The quantitative estimate of drug-likeness (QED) is 0.868. The third kappa shape index (κ3) is 4.04. The van der Waals surface area contributed by atoms with Crippen LogP contribution in [0.1, 0.15) is 36.7 Å². The van der Waals surface area contributed by atoms with Crippen molar-refractivity contribution in [2.75, 3.05) is 19.6 Å². The van der Waals surface area contributed by atoms with Gasteiger partial charge in [0.1, 0.15) is 11.4 Å². The highest BCUT2D eigenvalue weighted by molar-refractivity contribution is 5.93. The van der Waals surface area contributed by atoms with Gasteiger partial charge in [0.2, 0.25) is 5.91 Å². The second-order valence-electron chi connectivity index (χ2n) is 6.26. The predicted molar refractivity (Wildman–Crippen MR) is 93.7 cm³/mol. The van der Waals surface area contributed by atoms with Crippen molar-refractivity contribution in [2.45, 2.75) is 26.2 Å². The Morgan fingerprint density at radius 1 is 1.36 bits per heavy atom. The van der Waals surface area contributed by atoms with Crippen LogP contribution in [0.15, 0.2) is 30.5 Å². The molecule has 0 aliphatic carbocycles. The molecular weight excluding hydrogens is 318 g/mol. The molecule has 0 aromatic carbocycles. The fourth-order valence-electron chi connectivity index (χ4n) is 3.02. The maximum atomic E-state index is 12.7. The highest BCUT2D eigenvalue weighted by Crippen LogP contribution is 2.20. The Morgan fingerprint density at radius 3 is 3.00 bits per heavy atom. The van der Waals surface area contributed by atoms with Crippen LogP contribution >= 0.6 is 0 Å².